The number of pyridine rings is 1. The van der Waals surface area contributed by atoms with Crippen LogP contribution in [0.2, 0.25) is 0 Å². The van der Waals surface area contributed by atoms with Crippen molar-refractivity contribution in [3.8, 4) is 0 Å². The van der Waals surface area contributed by atoms with Crippen LogP contribution in [0.4, 0.5) is 5.00 Å². The second-order valence-corrected chi connectivity index (χ2v) is 17.7. The SMILES string of the molecule is CC(C)CN(C(CO)c1ccc(N(C)C(=O)C(NC(=O)c2ccccc2)C(c2ccccc2)c2cccc3ccncc23)s1)S(=O)(=O)c1ccc2ncsc2c1. The van der Waals surface area contributed by atoms with Gasteiger partial charge >= 0.3 is 0 Å². The molecule has 0 spiro atoms. The first kappa shape index (κ1) is 38.9. The lowest BCUT2D eigenvalue weighted by Crippen LogP contribution is -2.51. The van der Waals surface area contributed by atoms with Gasteiger partial charge in [-0.1, -0.05) is 80.6 Å². The van der Waals surface area contributed by atoms with E-state index in [1.54, 1.807) is 79.5 Å². The van der Waals surface area contributed by atoms with Gasteiger partial charge in [0.2, 0.25) is 10.0 Å². The van der Waals surface area contributed by atoms with Crippen molar-refractivity contribution in [3.63, 3.8) is 0 Å². The lowest BCUT2D eigenvalue weighted by molar-refractivity contribution is -0.120. The highest BCUT2D eigenvalue weighted by atomic mass is 32.2. The zero-order valence-electron chi connectivity index (χ0n) is 31.0. The smallest absolute Gasteiger partial charge is 0.251 e. The Morgan fingerprint density at radius 1 is 0.893 bits per heavy atom. The standard InChI is InChI=1S/C43H41N5O5S3/c1-28(2)25-48(56(52,53)32-17-18-35-38(23-32)54-27-45-35)36(26-49)37-19-20-39(55-37)47(3)43(51)41(46-42(50)31-13-8-5-9-14-31)40(30-11-6-4-7-12-30)33-16-10-15-29-21-22-44-24-34(29)33/h4-24,27-28,36,40-41,49H,25-26H2,1-3H3,(H,46,50). The first-order valence-corrected chi connectivity index (χ1v) is 21.3. The lowest BCUT2D eigenvalue weighted by Gasteiger charge is -2.32. The van der Waals surface area contributed by atoms with Crippen LogP contribution in [0.1, 0.15) is 52.2 Å². The molecule has 2 N–H and O–H groups in total. The minimum atomic E-state index is -4.07. The number of fused-ring (bicyclic) bond motifs is 2. The van der Waals surface area contributed by atoms with Gasteiger partial charge in [-0.15, -0.1) is 22.7 Å². The maximum absolute atomic E-state index is 15.0. The van der Waals surface area contributed by atoms with Gasteiger partial charge in [-0.25, -0.2) is 13.4 Å². The fourth-order valence-corrected chi connectivity index (χ4v) is 10.7. The Labute approximate surface area is 334 Å². The Balaban J connectivity index is 1.28. The second-order valence-electron chi connectivity index (χ2n) is 13.9. The molecule has 0 aliphatic carbocycles. The molecule has 3 heterocycles. The summed E-state index contributed by atoms with van der Waals surface area (Å²) < 4.78 is 30.7. The number of nitrogens with zero attached hydrogens (tertiary/aromatic N) is 4. The van der Waals surface area contributed by atoms with Crippen LogP contribution in [0.5, 0.6) is 0 Å². The summed E-state index contributed by atoms with van der Waals surface area (Å²) in [4.78, 5) is 39.8. The van der Waals surface area contributed by atoms with Gasteiger partial charge in [-0.3, -0.25) is 14.6 Å². The van der Waals surface area contributed by atoms with E-state index in [1.807, 2.05) is 74.5 Å². The molecule has 10 nitrogen and oxygen atoms in total. The number of thiophene rings is 1. The largest absolute Gasteiger partial charge is 0.394 e. The van der Waals surface area contributed by atoms with Crippen LogP contribution in [0.15, 0.2) is 138 Å². The fourth-order valence-electron chi connectivity index (χ4n) is 6.95. The van der Waals surface area contributed by atoms with Crippen molar-refractivity contribution in [1.82, 2.24) is 19.6 Å². The zero-order valence-corrected chi connectivity index (χ0v) is 33.5. The normalized spacial score (nSPS) is 13.5. The molecule has 3 unspecified atom stereocenters. The van der Waals surface area contributed by atoms with E-state index >= 15 is 4.79 Å². The molecule has 0 aliphatic rings. The maximum Gasteiger partial charge on any atom is 0.251 e. The zero-order chi connectivity index (χ0) is 39.4. The summed E-state index contributed by atoms with van der Waals surface area (Å²) in [5, 5.41) is 16.2. The van der Waals surface area contributed by atoms with E-state index in [9.17, 15) is 18.3 Å². The van der Waals surface area contributed by atoms with Gasteiger partial charge in [-0.05, 0) is 71.0 Å². The molecule has 7 rings (SSSR count). The number of hydrogen-bond donors (Lipinski definition) is 2. The minimum Gasteiger partial charge on any atom is -0.394 e. The minimum absolute atomic E-state index is 0.0529. The number of amides is 2. The summed E-state index contributed by atoms with van der Waals surface area (Å²) in [5.74, 6) is -1.47. The predicted octanol–water partition coefficient (Wildman–Crippen LogP) is 7.88. The monoisotopic (exact) mass is 803 g/mol. The first-order chi connectivity index (χ1) is 27.1. The third-order valence-electron chi connectivity index (χ3n) is 9.71. The average molecular weight is 804 g/mol. The maximum atomic E-state index is 15.0. The lowest BCUT2D eigenvalue weighted by atomic mass is 9.82. The van der Waals surface area contributed by atoms with Gasteiger partial charge in [-0.2, -0.15) is 4.31 Å². The Bertz CT molecular complexity index is 2570. The number of aliphatic hydroxyl groups is 1. The van der Waals surface area contributed by atoms with Gasteiger partial charge in [0, 0.05) is 47.7 Å². The van der Waals surface area contributed by atoms with Crippen LogP contribution >= 0.6 is 22.7 Å². The summed E-state index contributed by atoms with van der Waals surface area (Å²) in [6.07, 6.45) is 3.50. The van der Waals surface area contributed by atoms with Crippen molar-refractivity contribution in [2.75, 3.05) is 25.1 Å². The van der Waals surface area contributed by atoms with Crippen molar-refractivity contribution < 1.29 is 23.1 Å². The Kier molecular flexibility index (Phi) is 11.7. The number of thiazole rings is 1. The van der Waals surface area contributed by atoms with Gasteiger partial charge in [0.15, 0.2) is 0 Å². The molecule has 0 bridgehead atoms. The highest BCUT2D eigenvalue weighted by Crippen LogP contribution is 2.39. The second kappa shape index (κ2) is 16.8. The third kappa shape index (κ3) is 7.99. The number of hydrogen-bond acceptors (Lipinski definition) is 9. The molecule has 3 atom stereocenters. The van der Waals surface area contributed by atoms with Gasteiger partial charge in [0.25, 0.3) is 11.8 Å². The highest BCUT2D eigenvalue weighted by Gasteiger charge is 2.38. The van der Waals surface area contributed by atoms with E-state index in [-0.39, 0.29) is 23.3 Å². The van der Waals surface area contributed by atoms with E-state index in [2.05, 4.69) is 15.3 Å². The first-order valence-electron chi connectivity index (χ1n) is 18.1. The van der Waals surface area contributed by atoms with Crippen LogP contribution in [0, 0.1) is 5.92 Å². The summed E-state index contributed by atoms with van der Waals surface area (Å²) in [6, 6.07) is 32.5. The van der Waals surface area contributed by atoms with Crippen molar-refractivity contribution in [3.05, 3.63) is 155 Å². The van der Waals surface area contributed by atoms with E-state index < -0.39 is 40.5 Å². The molecule has 2 amide bonds. The molecule has 3 aromatic heterocycles. The molecule has 7 aromatic rings. The van der Waals surface area contributed by atoms with Crippen molar-refractivity contribution in [2.24, 2.45) is 5.92 Å². The molecular formula is C43H41N5O5S3. The topological polar surface area (TPSA) is 133 Å². The average Bonchev–Trinajstić information content (AvgIpc) is 3.91. The quantitative estimate of drug-likeness (QED) is 0.114. The van der Waals surface area contributed by atoms with Crippen LogP contribution in [-0.4, -0.2) is 65.9 Å². The number of aliphatic hydroxyl groups excluding tert-OH is 1. The van der Waals surface area contributed by atoms with E-state index in [0.29, 0.717) is 21.0 Å². The molecule has 0 saturated heterocycles. The Morgan fingerprint density at radius 2 is 1.64 bits per heavy atom. The van der Waals surface area contributed by atoms with Gasteiger partial charge < -0.3 is 15.3 Å². The van der Waals surface area contributed by atoms with E-state index in [0.717, 1.165) is 26.6 Å². The Hall–Kier alpha value is -5.31. The number of carbonyl (C=O) groups excluding carboxylic acids is 2. The number of anilines is 1. The summed E-state index contributed by atoms with van der Waals surface area (Å²) >= 11 is 2.58. The molecule has 286 valence electrons. The molecule has 4 aromatic carbocycles. The molecule has 56 heavy (non-hydrogen) atoms. The molecule has 0 radical (unpaired) electrons. The molecular weight excluding hydrogens is 763 g/mol. The van der Waals surface area contributed by atoms with Crippen LogP contribution in [0.3, 0.4) is 0 Å². The summed E-state index contributed by atoms with van der Waals surface area (Å²) in [6.45, 7) is 3.53. The van der Waals surface area contributed by atoms with E-state index in [1.165, 1.54) is 31.9 Å². The molecule has 13 heteroatoms. The van der Waals surface area contributed by atoms with Crippen LogP contribution in [-0.2, 0) is 14.8 Å². The number of sulfonamides is 1. The van der Waals surface area contributed by atoms with Gasteiger partial charge in [0.05, 0.1) is 38.3 Å². The number of nitrogens with one attached hydrogen (secondary N) is 1. The number of benzene rings is 4. The molecule has 0 aliphatic heterocycles. The number of aromatic nitrogens is 2. The van der Waals surface area contributed by atoms with Crippen LogP contribution < -0.4 is 10.2 Å². The molecule has 0 saturated carbocycles. The van der Waals surface area contributed by atoms with Crippen molar-refractivity contribution >= 4 is 70.5 Å². The summed E-state index contributed by atoms with van der Waals surface area (Å²) in [5.41, 5.74) is 4.43. The molecule has 0 fully saturated rings. The van der Waals surface area contributed by atoms with Crippen molar-refractivity contribution in [2.45, 2.75) is 36.7 Å². The highest BCUT2D eigenvalue weighted by molar-refractivity contribution is 7.89. The van der Waals surface area contributed by atoms with E-state index in [4.69, 9.17) is 0 Å². The van der Waals surface area contributed by atoms with Crippen LogP contribution in [0.25, 0.3) is 21.0 Å². The van der Waals surface area contributed by atoms with Crippen molar-refractivity contribution in [1.29, 1.82) is 0 Å². The number of carbonyl (C=O) groups is 2. The van der Waals surface area contributed by atoms with Gasteiger partial charge in [0.1, 0.15) is 6.04 Å². The number of rotatable bonds is 14. The fraction of sp³-hybridized carbons (Fsp3) is 0.209. The third-order valence-corrected chi connectivity index (χ3v) is 13.6. The summed E-state index contributed by atoms with van der Waals surface area (Å²) in [7, 11) is -2.42. The predicted molar refractivity (Wildman–Crippen MR) is 224 cm³/mol. The Morgan fingerprint density at radius 3 is 2.38 bits per heavy atom. The number of likely N-dealkylation sites (N-methyl/N-ethyl adjacent to an activating group) is 1.